The molecule has 1 saturated heterocycles. The number of nitrogens with zero attached hydrogens (tertiary/aromatic N) is 4. The molecule has 0 spiro atoms. The van der Waals surface area contributed by atoms with Crippen molar-refractivity contribution in [3.63, 3.8) is 0 Å². The molecule has 1 N–H and O–H groups in total. The maximum absolute atomic E-state index is 14.0. The molecule has 0 radical (unpaired) electrons. The number of aromatic nitrogens is 3. The van der Waals surface area contributed by atoms with Crippen molar-refractivity contribution in [2.45, 2.75) is 13.5 Å². The molecule has 0 saturated carbocycles. The molecule has 1 aliphatic heterocycles. The number of nitrogens with one attached hydrogen (secondary N) is 1. The zero-order valence-electron chi connectivity index (χ0n) is 19.0. The smallest absolute Gasteiger partial charge is 0.266 e. The number of halogens is 1. The molecular weight excluding hydrogens is 450 g/mol. The van der Waals surface area contributed by atoms with Crippen LogP contribution in [0, 0.1) is 0 Å². The molecule has 0 unspecified atom stereocenters. The van der Waals surface area contributed by atoms with E-state index in [-0.39, 0.29) is 5.56 Å². The summed E-state index contributed by atoms with van der Waals surface area (Å²) in [6.45, 7) is 6.56. The van der Waals surface area contributed by atoms with Crippen molar-refractivity contribution in [2.24, 2.45) is 0 Å². The summed E-state index contributed by atoms with van der Waals surface area (Å²) < 4.78 is 7.56. The highest BCUT2D eigenvalue weighted by atomic mass is 35.5. The van der Waals surface area contributed by atoms with Crippen LogP contribution in [-0.2, 0) is 6.54 Å². The van der Waals surface area contributed by atoms with E-state index in [9.17, 15) is 4.79 Å². The molecule has 174 valence electrons. The van der Waals surface area contributed by atoms with Crippen molar-refractivity contribution in [3.8, 4) is 22.6 Å². The Kier molecular flexibility index (Phi) is 6.58. The number of hydrogen-bond donors (Lipinski definition) is 1. The van der Waals surface area contributed by atoms with Gasteiger partial charge in [0.15, 0.2) is 0 Å². The van der Waals surface area contributed by atoms with Crippen LogP contribution in [0.2, 0.25) is 5.02 Å². The summed E-state index contributed by atoms with van der Waals surface area (Å²) in [4.78, 5) is 25.4. The molecule has 4 aromatic rings. The molecule has 0 amide bonds. The van der Waals surface area contributed by atoms with Gasteiger partial charge in [0.05, 0.1) is 29.7 Å². The van der Waals surface area contributed by atoms with Crippen LogP contribution in [0.3, 0.4) is 0 Å². The normalized spacial score (nSPS) is 14.4. The number of ether oxygens (including phenoxy) is 1. The Balaban J connectivity index is 1.72. The Hall–Kier alpha value is -3.26. The van der Waals surface area contributed by atoms with Crippen molar-refractivity contribution in [3.05, 3.63) is 82.1 Å². The minimum Gasteiger partial charge on any atom is -0.492 e. The predicted molar refractivity (Wildman–Crippen MR) is 135 cm³/mol. The van der Waals surface area contributed by atoms with Gasteiger partial charge in [0.1, 0.15) is 11.6 Å². The summed E-state index contributed by atoms with van der Waals surface area (Å²) in [7, 11) is 0. The fraction of sp³-hybridized carbons (Fsp3) is 0.269. The predicted octanol–water partition coefficient (Wildman–Crippen LogP) is 3.91. The second-order valence-corrected chi connectivity index (χ2v) is 8.64. The number of pyridine rings is 1. The minimum absolute atomic E-state index is 0.130. The van der Waals surface area contributed by atoms with Gasteiger partial charge in [0, 0.05) is 49.7 Å². The molecule has 2 aromatic carbocycles. The lowest BCUT2D eigenvalue weighted by Crippen LogP contribution is -2.44. The minimum atomic E-state index is -0.130. The topological polar surface area (TPSA) is 72.3 Å². The summed E-state index contributed by atoms with van der Waals surface area (Å²) in [5, 5.41) is 4.48. The van der Waals surface area contributed by atoms with E-state index in [2.05, 4.69) is 15.2 Å². The van der Waals surface area contributed by atoms with E-state index in [1.165, 1.54) is 0 Å². The van der Waals surface area contributed by atoms with Gasteiger partial charge in [-0.1, -0.05) is 17.7 Å². The summed E-state index contributed by atoms with van der Waals surface area (Å²) in [5.74, 6) is 1.24. The third-order valence-electron chi connectivity index (χ3n) is 5.99. The summed E-state index contributed by atoms with van der Waals surface area (Å²) in [6, 6.07) is 15.0. The standard InChI is InChI=1S/C26H26ClN5O2/c1-2-34-24-16-20(27)4-6-23(24)32-25(17-31-13-11-29-12-14-31)30-22-5-3-19(15-21(22)26(32)33)18-7-9-28-10-8-18/h3-10,15-16,29H,2,11-14,17H2,1H3. The van der Waals surface area contributed by atoms with Crippen LogP contribution in [0.25, 0.3) is 27.7 Å². The fourth-order valence-electron chi connectivity index (χ4n) is 4.32. The Labute approximate surface area is 203 Å². The Morgan fingerprint density at radius 1 is 1.03 bits per heavy atom. The Morgan fingerprint density at radius 2 is 1.82 bits per heavy atom. The van der Waals surface area contributed by atoms with Gasteiger partial charge in [0.2, 0.25) is 0 Å². The molecule has 2 aromatic heterocycles. The van der Waals surface area contributed by atoms with Crippen LogP contribution in [0.1, 0.15) is 12.7 Å². The Morgan fingerprint density at radius 3 is 2.59 bits per heavy atom. The van der Waals surface area contributed by atoms with Gasteiger partial charge in [0.25, 0.3) is 5.56 Å². The molecule has 0 aliphatic carbocycles. The highest BCUT2D eigenvalue weighted by Crippen LogP contribution is 2.29. The third kappa shape index (κ3) is 4.55. The second-order valence-electron chi connectivity index (χ2n) is 8.21. The van der Waals surface area contributed by atoms with Gasteiger partial charge in [-0.3, -0.25) is 19.2 Å². The lowest BCUT2D eigenvalue weighted by molar-refractivity contribution is 0.226. The van der Waals surface area contributed by atoms with E-state index in [0.29, 0.717) is 46.3 Å². The molecule has 0 bridgehead atoms. The average molecular weight is 476 g/mol. The number of hydrogen-bond acceptors (Lipinski definition) is 6. The van der Waals surface area contributed by atoms with E-state index >= 15 is 0 Å². The van der Waals surface area contributed by atoms with Crippen LogP contribution >= 0.6 is 11.6 Å². The first-order chi connectivity index (χ1) is 16.6. The van der Waals surface area contributed by atoms with Crippen LogP contribution in [0.4, 0.5) is 0 Å². The summed E-state index contributed by atoms with van der Waals surface area (Å²) in [6.07, 6.45) is 3.49. The molecule has 5 rings (SSSR count). The molecule has 3 heterocycles. The molecule has 7 nitrogen and oxygen atoms in total. The van der Waals surface area contributed by atoms with E-state index in [1.807, 2.05) is 43.3 Å². The van der Waals surface area contributed by atoms with Crippen LogP contribution in [0.15, 0.2) is 65.7 Å². The molecule has 34 heavy (non-hydrogen) atoms. The van der Waals surface area contributed by atoms with Gasteiger partial charge in [-0.05, 0) is 54.4 Å². The van der Waals surface area contributed by atoms with Crippen molar-refractivity contribution < 1.29 is 4.74 Å². The van der Waals surface area contributed by atoms with E-state index < -0.39 is 0 Å². The lowest BCUT2D eigenvalue weighted by atomic mass is 10.0. The summed E-state index contributed by atoms with van der Waals surface area (Å²) in [5.41, 5.74) is 3.13. The highest BCUT2D eigenvalue weighted by molar-refractivity contribution is 6.30. The fourth-order valence-corrected chi connectivity index (χ4v) is 4.49. The van der Waals surface area contributed by atoms with Crippen LogP contribution in [-0.4, -0.2) is 52.2 Å². The van der Waals surface area contributed by atoms with E-state index in [4.69, 9.17) is 21.3 Å². The maximum Gasteiger partial charge on any atom is 0.266 e. The average Bonchev–Trinajstić information content (AvgIpc) is 2.86. The quantitative estimate of drug-likeness (QED) is 0.456. The van der Waals surface area contributed by atoms with Crippen LogP contribution < -0.4 is 15.6 Å². The lowest BCUT2D eigenvalue weighted by Gasteiger charge is -2.28. The number of rotatable bonds is 6. The largest absolute Gasteiger partial charge is 0.492 e. The van der Waals surface area contributed by atoms with E-state index in [1.54, 1.807) is 29.1 Å². The third-order valence-corrected chi connectivity index (χ3v) is 6.22. The molecule has 1 fully saturated rings. The number of piperazine rings is 1. The van der Waals surface area contributed by atoms with Gasteiger partial charge >= 0.3 is 0 Å². The molecule has 1 aliphatic rings. The SMILES string of the molecule is CCOc1cc(Cl)ccc1-n1c(CN2CCNCC2)nc2ccc(-c3ccncc3)cc2c1=O. The zero-order valence-corrected chi connectivity index (χ0v) is 19.8. The van der Waals surface area contributed by atoms with Crippen molar-refractivity contribution in [1.29, 1.82) is 0 Å². The van der Waals surface area contributed by atoms with Crippen molar-refractivity contribution in [1.82, 2.24) is 24.8 Å². The highest BCUT2D eigenvalue weighted by Gasteiger charge is 2.20. The van der Waals surface area contributed by atoms with Gasteiger partial charge in [-0.15, -0.1) is 0 Å². The van der Waals surface area contributed by atoms with Crippen LogP contribution in [0.5, 0.6) is 5.75 Å². The molecule has 8 heteroatoms. The van der Waals surface area contributed by atoms with Gasteiger partial charge in [-0.25, -0.2) is 4.98 Å². The Bertz CT molecular complexity index is 1370. The van der Waals surface area contributed by atoms with E-state index in [0.717, 1.165) is 37.3 Å². The second kappa shape index (κ2) is 9.93. The first-order valence-electron chi connectivity index (χ1n) is 11.5. The first kappa shape index (κ1) is 22.5. The number of benzene rings is 2. The molecule has 0 atom stereocenters. The van der Waals surface area contributed by atoms with Gasteiger partial charge < -0.3 is 10.1 Å². The zero-order chi connectivity index (χ0) is 23.5. The van der Waals surface area contributed by atoms with Gasteiger partial charge in [-0.2, -0.15) is 0 Å². The summed E-state index contributed by atoms with van der Waals surface area (Å²) >= 11 is 6.26. The van der Waals surface area contributed by atoms with Crippen molar-refractivity contribution in [2.75, 3.05) is 32.8 Å². The molecular formula is C26H26ClN5O2. The van der Waals surface area contributed by atoms with Crippen molar-refractivity contribution >= 4 is 22.5 Å². The number of fused-ring (bicyclic) bond motifs is 1. The first-order valence-corrected chi connectivity index (χ1v) is 11.8. The maximum atomic E-state index is 14.0. The monoisotopic (exact) mass is 475 g/mol.